The van der Waals surface area contributed by atoms with Gasteiger partial charge >= 0.3 is 0 Å². The number of nitro benzene ring substituents is 2. The zero-order valence-corrected chi connectivity index (χ0v) is 22.8. The lowest BCUT2D eigenvalue weighted by Gasteiger charge is -2.10. The van der Waals surface area contributed by atoms with E-state index in [2.05, 4.69) is 30.6 Å². The monoisotopic (exact) mass is 592 g/mol. The minimum atomic E-state index is -0.490. The molecule has 0 bridgehead atoms. The highest BCUT2D eigenvalue weighted by atomic mass is 32.2. The molecular formula is C25H20N8O6S2. The van der Waals surface area contributed by atoms with E-state index >= 15 is 0 Å². The van der Waals surface area contributed by atoms with Crippen molar-refractivity contribution in [3.63, 3.8) is 0 Å². The van der Waals surface area contributed by atoms with Crippen molar-refractivity contribution < 1.29 is 19.4 Å². The third kappa shape index (κ3) is 6.79. The summed E-state index contributed by atoms with van der Waals surface area (Å²) < 4.78 is 0. The van der Waals surface area contributed by atoms with Crippen molar-refractivity contribution in [1.82, 2.24) is 19.9 Å². The van der Waals surface area contributed by atoms with Crippen LogP contribution in [0.15, 0.2) is 64.9 Å². The lowest BCUT2D eigenvalue weighted by atomic mass is 10.2. The molecule has 41 heavy (non-hydrogen) atoms. The second kappa shape index (κ2) is 11.6. The second-order valence-electron chi connectivity index (χ2n) is 8.76. The lowest BCUT2D eigenvalue weighted by molar-refractivity contribution is -0.384. The van der Waals surface area contributed by atoms with Gasteiger partial charge in [0.1, 0.15) is 0 Å². The highest BCUT2D eigenvalue weighted by molar-refractivity contribution is 8.00. The Kier molecular flexibility index (Phi) is 7.84. The molecule has 0 fully saturated rings. The molecule has 0 atom stereocenters. The standard InChI is InChI=1S/C25H20N8O6S2/c1-13-6-14(26-22(34)11-40-24-28-18-4-2-16(32(36)37)9-20(18)30-24)8-15(7-13)27-23(35)12-41-25-29-19-5-3-17(33(38)39)10-21(19)31-25/h2-10H,11-12H2,1H3,(H,26,34)(H,27,35)(H,28,30)(H,29,31). The molecule has 2 amide bonds. The van der Waals surface area contributed by atoms with Crippen LogP contribution in [0.25, 0.3) is 22.1 Å². The fourth-order valence-electron chi connectivity index (χ4n) is 3.90. The van der Waals surface area contributed by atoms with Crippen molar-refractivity contribution in [2.45, 2.75) is 17.2 Å². The Morgan fingerprint density at radius 2 is 1.20 bits per heavy atom. The van der Waals surface area contributed by atoms with Crippen LogP contribution in [0, 0.1) is 27.2 Å². The second-order valence-corrected chi connectivity index (χ2v) is 10.7. The van der Waals surface area contributed by atoms with Gasteiger partial charge in [-0.2, -0.15) is 0 Å². The van der Waals surface area contributed by atoms with Crippen LogP contribution in [-0.2, 0) is 9.59 Å². The van der Waals surface area contributed by atoms with Gasteiger partial charge in [-0.15, -0.1) is 0 Å². The molecule has 0 spiro atoms. The van der Waals surface area contributed by atoms with Gasteiger partial charge in [-0.1, -0.05) is 23.5 Å². The van der Waals surface area contributed by atoms with Crippen LogP contribution in [0.5, 0.6) is 0 Å². The van der Waals surface area contributed by atoms with Gasteiger partial charge in [-0.05, 0) is 42.8 Å². The van der Waals surface area contributed by atoms with Crippen molar-refractivity contribution in [3.8, 4) is 0 Å². The van der Waals surface area contributed by atoms with Gasteiger partial charge in [0.2, 0.25) is 11.8 Å². The number of fused-ring (bicyclic) bond motifs is 2. The third-order valence-corrected chi connectivity index (χ3v) is 7.38. The maximum atomic E-state index is 12.6. The number of H-pyrrole nitrogens is 2. The number of benzene rings is 3. The van der Waals surface area contributed by atoms with E-state index in [1.165, 1.54) is 24.3 Å². The summed E-state index contributed by atoms with van der Waals surface area (Å²) >= 11 is 2.30. The van der Waals surface area contributed by atoms with E-state index in [0.717, 1.165) is 29.1 Å². The number of aromatic amines is 2. The average Bonchev–Trinajstić information content (AvgIpc) is 3.52. The van der Waals surface area contributed by atoms with E-state index in [0.29, 0.717) is 43.8 Å². The number of imidazole rings is 2. The molecule has 0 radical (unpaired) electrons. The summed E-state index contributed by atoms with van der Waals surface area (Å²) in [6, 6.07) is 13.8. The zero-order valence-electron chi connectivity index (χ0n) is 21.2. The molecule has 2 aromatic heterocycles. The van der Waals surface area contributed by atoms with Crippen molar-refractivity contribution in [2.75, 3.05) is 22.1 Å². The Bertz CT molecular complexity index is 1710. The number of aromatic nitrogens is 4. The van der Waals surface area contributed by atoms with E-state index in [-0.39, 0.29) is 34.7 Å². The van der Waals surface area contributed by atoms with Gasteiger partial charge in [0, 0.05) is 35.6 Å². The molecule has 2 heterocycles. The van der Waals surface area contributed by atoms with Gasteiger partial charge in [-0.25, -0.2) is 9.97 Å². The highest BCUT2D eigenvalue weighted by Crippen LogP contribution is 2.26. The van der Waals surface area contributed by atoms with E-state index in [1.54, 1.807) is 30.3 Å². The molecule has 208 valence electrons. The van der Waals surface area contributed by atoms with Gasteiger partial charge < -0.3 is 20.6 Å². The highest BCUT2D eigenvalue weighted by Gasteiger charge is 2.14. The number of carbonyl (C=O) groups is 2. The Labute approximate surface area is 239 Å². The molecule has 0 unspecified atom stereocenters. The average molecular weight is 593 g/mol. The number of amides is 2. The van der Waals surface area contributed by atoms with Crippen LogP contribution in [0.1, 0.15) is 5.56 Å². The molecule has 0 aliphatic carbocycles. The third-order valence-electron chi connectivity index (χ3n) is 5.63. The van der Waals surface area contributed by atoms with E-state index in [4.69, 9.17) is 0 Å². The molecule has 0 saturated heterocycles. The molecule has 14 nitrogen and oxygen atoms in total. The Morgan fingerprint density at radius 3 is 1.61 bits per heavy atom. The number of aryl methyl sites for hydroxylation is 1. The minimum absolute atomic E-state index is 0.0366. The van der Waals surface area contributed by atoms with Crippen molar-refractivity contribution in [3.05, 3.63) is 80.4 Å². The number of carbonyl (C=O) groups excluding carboxylic acids is 2. The normalized spacial score (nSPS) is 11.0. The number of anilines is 2. The molecule has 0 saturated carbocycles. The smallest absolute Gasteiger partial charge is 0.271 e. The summed E-state index contributed by atoms with van der Waals surface area (Å²) in [5.41, 5.74) is 3.82. The summed E-state index contributed by atoms with van der Waals surface area (Å²) in [6.45, 7) is 1.83. The topological polar surface area (TPSA) is 202 Å². The first kappa shape index (κ1) is 27.6. The summed E-state index contributed by atoms with van der Waals surface area (Å²) in [5, 5.41) is 28.4. The van der Waals surface area contributed by atoms with Crippen molar-refractivity contribution in [2.24, 2.45) is 0 Å². The van der Waals surface area contributed by atoms with E-state index < -0.39 is 9.85 Å². The van der Waals surface area contributed by atoms with Gasteiger partial charge in [-0.3, -0.25) is 29.8 Å². The van der Waals surface area contributed by atoms with Gasteiger partial charge in [0.05, 0.1) is 43.4 Å². The summed E-state index contributed by atoms with van der Waals surface area (Å²) in [5.74, 6) is -0.529. The molecule has 5 rings (SSSR count). The molecule has 3 aromatic carbocycles. The van der Waals surface area contributed by atoms with Crippen LogP contribution in [0.2, 0.25) is 0 Å². The molecule has 0 aliphatic rings. The van der Waals surface area contributed by atoms with Gasteiger partial charge in [0.15, 0.2) is 10.3 Å². The molecule has 4 N–H and O–H groups in total. The maximum Gasteiger partial charge on any atom is 0.271 e. The van der Waals surface area contributed by atoms with Crippen LogP contribution >= 0.6 is 23.5 Å². The number of nitrogens with zero attached hydrogens (tertiary/aromatic N) is 4. The van der Waals surface area contributed by atoms with Crippen molar-refractivity contribution >= 4 is 80.2 Å². The quantitative estimate of drug-likeness (QED) is 0.0968. The first-order chi connectivity index (χ1) is 19.6. The lowest BCUT2D eigenvalue weighted by Crippen LogP contribution is -2.16. The van der Waals surface area contributed by atoms with Crippen LogP contribution in [0.4, 0.5) is 22.7 Å². The number of nitro groups is 2. The SMILES string of the molecule is Cc1cc(NC(=O)CSc2nc3ccc([N+](=O)[O-])cc3[nH]2)cc(NC(=O)CSc2nc3ccc([N+](=O)[O-])cc3[nH]2)c1. The molecule has 5 aromatic rings. The zero-order chi connectivity index (χ0) is 29.1. The number of hydrogen-bond donors (Lipinski definition) is 4. The van der Waals surface area contributed by atoms with Crippen LogP contribution in [0.3, 0.4) is 0 Å². The molecule has 0 aliphatic heterocycles. The first-order valence-electron chi connectivity index (χ1n) is 11.9. The van der Waals surface area contributed by atoms with E-state index in [1.807, 2.05) is 6.92 Å². The van der Waals surface area contributed by atoms with Crippen LogP contribution in [-0.4, -0.2) is 53.1 Å². The summed E-state index contributed by atoms with van der Waals surface area (Å²) in [7, 11) is 0. The fraction of sp³-hybridized carbons (Fsp3) is 0.120. The molecule has 16 heteroatoms. The number of nitrogens with one attached hydrogen (secondary N) is 4. The van der Waals surface area contributed by atoms with Crippen molar-refractivity contribution in [1.29, 1.82) is 0 Å². The predicted octanol–water partition coefficient (Wildman–Crippen LogP) is 5.03. The fourth-order valence-corrected chi connectivity index (χ4v) is 5.27. The number of rotatable bonds is 10. The number of hydrogen-bond acceptors (Lipinski definition) is 10. The van der Waals surface area contributed by atoms with E-state index in [9.17, 15) is 29.8 Å². The Morgan fingerprint density at radius 1 is 0.756 bits per heavy atom. The largest absolute Gasteiger partial charge is 0.333 e. The summed E-state index contributed by atoms with van der Waals surface area (Å²) in [6.07, 6.45) is 0. The summed E-state index contributed by atoms with van der Waals surface area (Å²) in [4.78, 5) is 60.7. The van der Waals surface area contributed by atoms with Crippen LogP contribution < -0.4 is 10.6 Å². The van der Waals surface area contributed by atoms with Gasteiger partial charge in [0.25, 0.3) is 11.4 Å². The maximum absolute atomic E-state index is 12.6. The number of thioether (sulfide) groups is 2. The number of non-ortho nitro benzene ring substituents is 2. The molecular weight excluding hydrogens is 572 g/mol. The Hall–Kier alpha value is -4.96. The minimum Gasteiger partial charge on any atom is -0.333 e. The first-order valence-corrected chi connectivity index (χ1v) is 13.9. The predicted molar refractivity (Wildman–Crippen MR) is 155 cm³/mol. The Balaban J connectivity index is 1.15.